The van der Waals surface area contributed by atoms with E-state index in [-0.39, 0.29) is 12.1 Å². The summed E-state index contributed by atoms with van der Waals surface area (Å²) in [4.78, 5) is 12.2. The lowest BCUT2D eigenvalue weighted by molar-refractivity contribution is 0.246. The number of benzene rings is 1. The summed E-state index contributed by atoms with van der Waals surface area (Å²) in [6, 6.07) is 9.18. The van der Waals surface area contributed by atoms with E-state index < -0.39 is 0 Å². The van der Waals surface area contributed by atoms with E-state index in [0.29, 0.717) is 6.61 Å². The quantitative estimate of drug-likeness (QED) is 0.866. The number of hydrogen-bond donors (Lipinski definition) is 2. The minimum Gasteiger partial charge on any atom is -0.494 e. The number of amides is 2. The fourth-order valence-corrected chi connectivity index (χ4v) is 2.85. The first-order valence-corrected chi connectivity index (χ1v) is 8.13. The lowest BCUT2D eigenvalue weighted by Gasteiger charge is -2.23. The molecule has 0 bridgehead atoms. The molecule has 1 atom stereocenters. The summed E-state index contributed by atoms with van der Waals surface area (Å²) in [5, 5.41) is 5.89. The lowest BCUT2D eigenvalue weighted by Crippen LogP contribution is -2.34. The van der Waals surface area contributed by atoms with E-state index in [0.717, 1.165) is 48.4 Å². The first kappa shape index (κ1) is 15.5. The number of carbonyl (C=O) groups excluding carboxylic acids is 1. The number of furan rings is 1. The highest BCUT2D eigenvalue weighted by molar-refractivity contribution is 5.89. The molecule has 5 nitrogen and oxygen atoms in total. The monoisotopic (exact) mass is 314 g/mol. The number of ether oxygens (including phenoxy) is 1. The van der Waals surface area contributed by atoms with Gasteiger partial charge in [-0.05, 0) is 37.5 Å². The summed E-state index contributed by atoms with van der Waals surface area (Å²) in [7, 11) is 0. The van der Waals surface area contributed by atoms with Crippen LogP contribution in [0.3, 0.4) is 0 Å². The molecule has 1 aliphatic rings. The van der Waals surface area contributed by atoms with Gasteiger partial charge in [0.05, 0.1) is 18.9 Å². The van der Waals surface area contributed by atoms with Gasteiger partial charge in [-0.25, -0.2) is 4.79 Å². The molecule has 0 spiro atoms. The smallest absolute Gasteiger partial charge is 0.319 e. The van der Waals surface area contributed by atoms with E-state index in [2.05, 4.69) is 17.6 Å². The Kier molecular flexibility index (Phi) is 4.86. The van der Waals surface area contributed by atoms with Crippen molar-refractivity contribution in [3.63, 3.8) is 0 Å². The van der Waals surface area contributed by atoms with Gasteiger partial charge in [0.1, 0.15) is 11.5 Å². The van der Waals surface area contributed by atoms with Gasteiger partial charge < -0.3 is 19.8 Å². The number of rotatable bonds is 5. The minimum atomic E-state index is -0.211. The highest BCUT2D eigenvalue weighted by Gasteiger charge is 2.23. The van der Waals surface area contributed by atoms with Crippen LogP contribution in [0.25, 0.3) is 0 Å². The largest absolute Gasteiger partial charge is 0.494 e. The van der Waals surface area contributed by atoms with Crippen molar-refractivity contribution in [2.45, 2.75) is 38.6 Å². The predicted octanol–water partition coefficient (Wildman–Crippen LogP) is 4.27. The number of carbonyl (C=O) groups is 1. The summed E-state index contributed by atoms with van der Waals surface area (Å²) < 4.78 is 11.0. The second-order valence-corrected chi connectivity index (χ2v) is 5.72. The van der Waals surface area contributed by atoms with Gasteiger partial charge in [-0.2, -0.15) is 0 Å². The summed E-state index contributed by atoms with van der Waals surface area (Å²) in [5.74, 6) is 1.75. The molecule has 1 unspecified atom stereocenters. The van der Waals surface area contributed by atoms with Gasteiger partial charge >= 0.3 is 6.03 Å². The second kappa shape index (κ2) is 7.22. The van der Waals surface area contributed by atoms with Crippen LogP contribution in [0.15, 0.2) is 41.0 Å². The number of fused-ring (bicyclic) bond motifs is 1. The lowest BCUT2D eigenvalue weighted by atomic mass is 9.93. The Labute approximate surface area is 136 Å². The van der Waals surface area contributed by atoms with E-state index >= 15 is 0 Å². The molecule has 1 aromatic heterocycles. The fourth-order valence-electron chi connectivity index (χ4n) is 2.85. The molecule has 23 heavy (non-hydrogen) atoms. The van der Waals surface area contributed by atoms with Gasteiger partial charge in [-0.3, -0.25) is 0 Å². The molecule has 0 saturated heterocycles. The zero-order valence-electron chi connectivity index (χ0n) is 13.3. The molecule has 0 aliphatic heterocycles. The van der Waals surface area contributed by atoms with Gasteiger partial charge in [0.25, 0.3) is 0 Å². The normalized spacial score (nSPS) is 16.5. The third-order valence-corrected chi connectivity index (χ3v) is 3.92. The summed E-state index contributed by atoms with van der Waals surface area (Å²) in [6.45, 7) is 2.73. The second-order valence-electron chi connectivity index (χ2n) is 5.72. The molecule has 1 aliphatic carbocycles. The third-order valence-electron chi connectivity index (χ3n) is 3.92. The summed E-state index contributed by atoms with van der Waals surface area (Å²) in [6.07, 6.45) is 5.54. The molecule has 2 amide bonds. The zero-order valence-corrected chi connectivity index (χ0v) is 13.3. The van der Waals surface area contributed by atoms with Crippen molar-refractivity contribution in [3.05, 3.63) is 47.9 Å². The standard InChI is InChI=1S/C18H22N2O3/c1-2-10-22-14-6-3-5-13(12-14)19-18(21)20-16-7-4-8-17-15(16)9-11-23-17/h3,5-6,9,11-12,16H,2,4,7-8,10H2,1H3,(H2,19,20,21). The molecule has 5 heteroatoms. The van der Waals surface area contributed by atoms with Crippen LogP contribution in [0.4, 0.5) is 10.5 Å². The van der Waals surface area contributed by atoms with Crippen molar-refractivity contribution in [2.24, 2.45) is 0 Å². The average molecular weight is 314 g/mol. The summed E-state index contributed by atoms with van der Waals surface area (Å²) >= 11 is 0. The van der Waals surface area contributed by atoms with Crippen molar-refractivity contribution in [1.29, 1.82) is 0 Å². The van der Waals surface area contributed by atoms with Gasteiger partial charge in [-0.1, -0.05) is 13.0 Å². The van der Waals surface area contributed by atoms with Crippen molar-refractivity contribution in [1.82, 2.24) is 5.32 Å². The Morgan fingerprint density at radius 1 is 1.39 bits per heavy atom. The Morgan fingerprint density at radius 2 is 2.30 bits per heavy atom. The number of hydrogen-bond acceptors (Lipinski definition) is 3. The topological polar surface area (TPSA) is 63.5 Å². The van der Waals surface area contributed by atoms with E-state index in [1.165, 1.54) is 0 Å². The maximum Gasteiger partial charge on any atom is 0.319 e. The molecular weight excluding hydrogens is 292 g/mol. The van der Waals surface area contributed by atoms with Gasteiger partial charge in [0.2, 0.25) is 0 Å². The average Bonchev–Trinajstić information content (AvgIpc) is 3.03. The molecule has 1 aromatic carbocycles. The van der Waals surface area contributed by atoms with E-state index in [1.807, 2.05) is 30.3 Å². The van der Waals surface area contributed by atoms with Crippen LogP contribution in [-0.4, -0.2) is 12.6 Å². The van der Waals surface area contributed by atoms with Crippen LogP contribution in [-0.2, 0) is 6.42 Å². The Balaban J connectivity index is 1.60. The number of aryl methyl sites for hydroxylation is 1. The Hall–Kier alpha value is -2.43. The molecule has 0 saturated carbocycles. The van der Waals surface area contributed by atoms with Gasteiger partial charge in [0, 0.05) is 23.7 Å². The first-order chi connectivity index (χ1) is 11.3. The Morgan fingerprint density at radius 3 is 3.17 bits per heavy atom. The van der Waals surface area contributed by atoms with Gasteiger partial charge in [-0.15, -0.1) is 0 Å². The van der Waals surface area contributed by atoms with Crippen LogP contribution < -0.4 is 15.4 Å². The van der Waals surface area contributed by atoms with E-state index in [9.17, 15) is 4.79 Å². The van der Waals surface area contributed by atoms with Crippen LogP contribution in [0.1, 0.15) is 43.6 Å². The molecule has 0 radical (unpaired) electrons. The maximum absolute atomic E-state index is 12.2. The molecule has 1 heterocycles. The third kappa shape index (κ3) is 3.86. The Bertz CT molecular complexity index is 666. The number of nitrogens with one attached hydrogen (secondary N) is 2. The molecule has 0 fully saturated rings. The number of anilines is 1. The van der Waals surface area contributed by atoms with Crippen molar-refractivity contribution in [2.75, 3.05) is 11.9 Å². The summed E-state index contributed by atoms with van der Waals surface area (Å²) in [5.41, 5.74) is 1.81. The van der Waals surface area contributed by atoms with Crippen LogP contribution in [0.5, 0.6) is 5.75 Å². The molecular formula is C18H22N2O3. The molecule has 122 valence electrons. The maximum atomic E-state index is 12.2. The molecule has 2 N–H and O–H groups in total. The number of urea groups is 1. The van der Waals surface area contributed by atoms with Crippen LogP contribution >= 0.6 is 0 Å². The van der Waals surface area contributed by atoms with Crippen LogP contribution in [0.2, 0.25) is 0 Å². The highest BCUT2D eigenvalue weighted by atomic mass is 16.5. The highest BCUT2D eigenvalue weighted by Crippen LogP contribution is 2.30. The predicted molar refractivity (Wildman–Crippen MR) is 88.8 cm³/mol. The molecule has 2 aromatic rings. The SMILES string of the molecule is CCCOc1cccc(NC(=O)NC2CCCc3occc32)c1. The zero-order chi connectivity index (χ0) is 16.1. The van der Waals surface area contributed by atoms with Crippen molar-refractivity contribution >= 4 is 11.7 Å². The fraction of sp³-hybridized carbons (Fsp3) is 0.389. The first-order valence-electron chi connectivity index (χ1n) is 8.13. The van der Waals surface area contributed by atoms with E-state index in [4.69, 9.17) is 9.15 Å². The minimum absolute atomic E-state index is 0.0111. The van der Waals surface area contributed by atoms with Crippen LogP contribution in [0, 0.1) is 0 Å². The van der Waals surface area contributed by atoms with Crippen molar-refractivity contribution in [3.8, 4) is 5.75 Å². The molecule has 3 rings (SSSR count). The van der Waals surface area contributed by atoms with Gasteiger partial charge in [0.15, 0.2) is 0 Å². The van der Waals surface area contributed by atoms with Crippen molar-refractivity contribution < 1.29 is 13.9 Å². The van der Waals surface area contributed by atoms with E-state index in [1.54, 1.807) is 6.26 Å².